The summed E-state index contributed by atoms with van der Waals surface area (Å²) in [5.41, 5.74) is 3.06. The number of hydrogen-bond donors (Lipinski definition) is 0. The minimum atomic E-state index is 0.00422. The van der Waals surface area contributed by atoms with Crippen LogP contribution < -0.4 is 4.74 Å². The summed E-state index contributed by atoms with van der Waals surface area (Å²) in [7, 11) is 5.68. The number of likely N-dealkylation sites (tertiary alicyclic amines) is 1. The molecular formula is C24H28N4O2. The number of para-hydroxylation sites is 1. The second-order valence-corrected chi connectivity index (χ2v) is 7.85. The van der Waals surface area contributed by atoms with Crippen LogP contribution in [0.2, 0.25) is 0 Å². The second-order valence-electron chi connectivity index (χ2n) is 7.85. The number of rotatable bonds is 5. The molecule has 0 aliphatic carbocycles. The molecule has 0 unspecified atom stereocenters. The average Bonchev–Trinajstić information content (AvgIpc) is 3.25. The van der Waals surface area contributed by atoms with Crippen LogP contribution in [0.3, 0.4) is 0 Å². The van der Waals surface area contributed by atoms with Gasteiger partial charge in [0.1, 0.15) is 11.4 Å². The van der Waals surface area contributed by atoms with Crippen molar-refractivity contribution in [1.82, 2.24) is 19.6 Å². The monoisotopic (exact) mass is 404 g/mol. The van der Waals surface area contributed by atoms with Crippen LogP contribution >= 0.6 is 0 Å². The third kappa shape index (κ3) is 4.09. The molecule has 2 heterocycles. The summed E-state index contributed by atoms with van der Waals surface area (Å²) < 4.78 is 7.17. The van der Waals surface area contributed by atoms with Crippen LogP contribution in [0.5, 0.6) is 5.75 Å². The highest BCUT2D eigenvalue weighted by Crippen LogP contribution is 2.28. The highest BCUT2D eigenvalue weighted by Gasteiger charge is 2.28. The maximum absolute atomic E-state index is 13.5. The number of methoxy groups -OCH3 is 1. The summed E-state index contributed by atoms with van der Waals surface area (Å²) in [4.78, 5) is 17.7. The van der Waals surface area contributed by atoms with Gasteiger partial charge < -0.3 is 14.5 Å². The van der Waals surface area contributed by atoms with Crippen molar-refractivity contribution in [3.8, 4) is 22.7 Å². The lowest BCUT2D eigenvalue weighted by Crippen LogP contribution is -2.44. The van der Waals surface area contributed by atoms with E-state index in [1.54, 1.807) is 11.8 Å². The van der Waals surface area contributed by atoms with Gasteiger partial charge in [-0.2, -0.15) is 5.10 Å². The van der Waals surface area contributed by atoms with E-state index < -0.39 is 0 Å². The first-order valence-electron chi connectivity index (χ1n) is 10.3. The number of ether oxygens (including phenoxy) is 1. The number of aromatic nitrogens is 2. The van der Waals surface area contributed by atoms with E-state index >= 15 is 0 Å². The van der Waals surface area contributed by atoms with Crippen molar-refractivity contribution < 1.29 is 9.53 Å². The van der Waals surface area contributed by atoms with Crippen LogP contribution in [0, 0.1) is 0 Å². The van der Waals surface area contributed by atoms with Crippen LogP contribution in [0.4, 0.5) is 0 Å². The van der Waals surface area contributed by atoms with Gasteiger partial charge in [-0.15, -0.1) is 0 Å². The Morgan fingerprint density at radius 1 is 1.10 bits per heavy atom. The molecule has 6 nitrogen and oxygen atoms in total. The van der Waals surface area contributed by atoms with Crippen molar-refractivity contribution in [1.29, 1.82) is 0 Å². The molecule has 1 aliphatic rings. The third-order valence-corrected chi connectivity index (χ3v) is 5.86. The molecule has 1 aliphatic heterocycles. The number of nitrogens with zero attached hydrogens (tertiary/aromatic N) is 4. The van der Waals surface area contributed by atoms with Crippen molar-refractivity contribution in [2.75, 3.05) is 34.3 Å². The third-order valence-electron chi connectivity index (χ3n) is 5.86. The first-order valence-corrected chi connectivity index (χ1v) is 10.3. The molecule has 2 aromatic carbocycles. The van der Waals surface area contributed by atoms with Crippen LogP contribution in [0.25, 0.3) is 16.9 Å². The lowest BCUT2D eigenvalue weighted by Gasteiger charge is -2.35. The van der Waals surface area contributed by atoms with Crippen molar-refractivity contribution in [3.63, 3.8) is 0 Å². The molecule has 1 fully saturated rings. The number of amides is 1. The number of carbonyl (C=O) groups is 1. The number of hydrogen-bond acceptors (Lipinski definition) is 4. The lowest BCUT2D eigenvalue weighted by molar-refractivity contribution is 0.0660. The van der Waals surface area contributed by atoms with E-state index in [4.69, 9.17) is 9.84 Å². The van der Waals surface area contributed by atoms with Crippen LogP contribution in [0.1, 0.15) is 23.2 Å². The molecule has 1 saturated heterocycles. The van der Waals surface area contributed by atoms with Crippen molar-refractivity contribution in [2.45, 2.75) is 18.9 Å². The van der Waals surface area contributed by atoms with Gasteiger partial charge in [-0.25, -0.2) is 4.68 Å². The maximum atomic E-state index is 13.5. The molecule has 3 aromatic rings. The van der Waals surface area contributed by atoms with Crippen molar-refractivity contribution >= 4 is 5.91 Å². The van der Waals surface area contributed by atoms with Gasteiger partial charge in [-0.3, -0.25) is 4.79 Å². The molecule has 6 heteroatoms. The van der Waals surface area contributed by atoms with Gasteiger partial charge >= 0.3 is 0 Å². The predicted molar refractivity (Wildman–Crippen MR) is 118 cm³/mol. The summed E-state index contributed by atoms with van der Waals surface area (Å²) in [6, 6.07) is 17.8. The minimum absolute atomic E-state index is 0.00422. The minimum Gasteiger partial charge on any atom is -0.497 e. The molecule has 0 radical (unpaired) electrons. The molecule has 0 spiro atoms. The number of benzene rings is 2. The maximum Gasteiger partial charge on any atom is 0.257 e. The standard InChI is InChI=1S/C24H28N4O2/c1-26-14-12-19(13-15-26)27(2)24(29)22-17-28(20-9-5-4-6-10-20)25-23(22)18-8-7-11-21(16-18)30-3/h4-11,16-17,19H,12-15H2,1-3H3. The first kappa shape index (κ1) is 20.2. The van der Waals surface area contributed by atoms with Gasteiger partial charge in [0.2, 0.25) is 0 Å². The summed E-state index contributed by atoms with van der Waals surface area (Å²) in [5.74, 6) is 0.744. The highest BCUT2D eigenvalue weighted by atomic mass is 16.5. The first-order chi connectivity index (χ1) is 14.6. The quantitative estimate of drug-likeness (QED) is 0.650. The van der Waals surface area contributed by atoms with E-state index in [2.05, 4.69) is 11.9 Å². The van der Waals surface area contributed by atoms with Gasteiger partial charge in [0.15, 0.2) is 0 Å². The molecule has 1 aromatic heterocycles. The number of carbonyl (C=O) groups excluding carboxylic acids is 1. The number of piperidine rings is 1. The average molecular weight is 405 g/mol. The molecule has 0 N–H and O–H groups in total. The zero-order chi connectivity index (χ0) is 21.1. The molecule has 0 saturated carbocycles. The summed E-state index contributed by atoms with van der Waals surface area (Å²) >= 11 is 0. The smallest absolute Gasteiger partial charge is 0.257 e. The fraction of sp³-hybridized carbons (Fsp3) is 0.333. The van der Waals surface area contributed by atoms with Crippen LogP contribution in [0.15, 0.2) is 60.8 Å². The molecular weight excluding hydrogens is 376 g/mol. The predicted octanol–water partition coefficient (Wildman–Crippen LogP) is 3.71. The van der Waals surface area contributed by atoms with E-state index in [1.165, 1.54) is 0 Å². The summed E-state index contributed by atoms with van der Waals surface area (Å²) in [6.07, 6.45) is 3.82. The van der Waals surface area contributed by atoms with Crippen LogP contribution in [-0.4, -0.2) is 65.8 Å². The Morgan fingerprint density at radius 2 is 1.83 bits per heavy atom. The van der Waals surface area contributed by atoms with E-state index in [0.717, 1.165) is 42.9 Å². The molecule has 4 rings (SSSR count). The fourth-order valence-electron chi connectivity index (χ4n) is 3.97. The zero-order valence-corrected chi connectivity index (χ0v) is 17.8. The van der Waals surface area contributed by atoms with Gasteiger partial charge in [-0.1, -0.05) is 30.3 Å². The van der Waals surface area contributed by atoms with Gasteiger partial charge in [0.05, 0.1) is 18.4 Å². The van der Waals surface area contributed by atoms with E-state index in [1.807, 2.05) is 72.7 Å². The molecule has 156 valence electrons. The zero-order valence-electron chi connectivity index (χ0n) is 17.8. The van der Waals surface area contributed by atoms with Crippen LogP contribution in [-0.2, 0) is 0 Å². The van der Waals surface area contributed by atoms with Crippen molar-refractivity contribution in [2.24, 2.45) is 0 Å². The Kier molecular flexibility index (Phi) is 5.86. The molecule has 0 bridgehead atoms. The van der Waals surface area contributed by atoms with Gasteiger partial charge in [-0.05, 0) is 57.2 Å². The second kappa shape index (κ2) is 8.71. The van der Waals surface area contributed by atoms with E-state index in [-0.39, 0.29) is 11.9 Å². The van der Waals surface area contributed by atoms with E-state index in [9.17, 15) is 4.79 Å². The Bertz CT molecular complexity index is 1010. The topological polar surface area (TPSA) is 50.6 Å². The van der Waals surface area contributed by atoms with Gasteiger partial charge in [0.25, 0.3) is 5.91 Å². The summed E-state index contributed by atoms with van der Waals surface area (Å²) in [6.45, 7) is 2.02. The van der Waals surface area contributed by atoms with Crippen molar-refractivity contribution in [3.05, 3.63) is 66.4 Å². The molecule has 30 heavy (non-hydrogen) atoms. The largest absolute Gasteiger partial charge is 0.497 e. The SMILES string of the molecule is COc1cccc(-c2nn(-c3ccccc3)cc2C(=O)N(C)C2CCN(C)CC2)c1. The lowest BCUT2D eigenvalue weighted by atomic mass is 10.0. The van der Waals surface area contributed by atoms with E-state index in [0.29, 0.717) is 11.3 Å². The Balaban J connectivity index is 1.73. The Hall–Kier alpha value is -3.12. The molecule has 0 atom stereocenters. The van der Waals surface area contributed by atoms with Gasteiger partial charge in [0, 0.05) is 24.8 Å². The Morgan fingerprint density at radius 3 is 2.53 bits per heavy atom. The molecule has 1 amide bonds. The normalized spacial score (nSPS) is 15.2. The summed E-state index contributed by atoms with van der Waals surface area (Å²) in [5, 5.41) is 4.79. The highest BCUT2D eigenvalue weighted by molar-refractivity contribution is 6.00. The Labute approximate surface area is 177 Å². The fourth-order valence-corrected chi connectivity index (χ4v) is 3.97.